The van der Waals surface area contributed by atoms with Crippen LogP contribution in [0, 0.1) is 0 Å². The molecule has 1 fully saturated rings. The number of amides is 1. The number of rotatable bonds is 9. The van der Waals surface area contributed by atoms with E-state index in [9.17, 15) is 4.79 Å². The number of hydrogen-bond donors (Lipinski definition) is 1. The molecule has 1 amide bonds. The minimum Gasteiger partial charge on any atom is -0.492 e. The highest BCUT2D eigenvalue weighted by Gasteiger charge is 2.12. The Kier molecular flexibility index (Phi) is 7.20. The molecule has 0 bridgehead atoms. The van der Waals surface area contributed by atoms with Crippen LogP contribution in [0.4, 0.5) is 5.69 Å². The highest BCUT2D eigenvalue weighted by Crippen LogP contribution is 2.27. The van der Waals surface area contributed by atoms with Crippen molar-refractivity contribution < 1.29 is 14.1 Å². The summed E-state index contributed by atoms with van der Waals surface area (Å²) < 4.78 is 10.9. The zero-order valence-electron chi connectivity index (χ0n) is 19.7. The van der Waals surface area contributed by atoms with E-state index >= 15 is 0 Å². The molecule has 0 spiro atoms. The molecule has 0 radical (unpaired) electrons. The SMILES string of the molecule is O=C(Nc1ccc(-c2ccccc2Cc2ccc(OCCN3CCCC3)cc2)cc1)c1ccno1. The smallest absolute Gasteiger partial charge is 0.294 e. The van der Waals surface area contributed by atoms with Crippen LogP contribution in [0.15, 0.2) is 89.6 Å². The van der Waals surface area contributed by atoms with Crippen molar-refractivity contribution in [2.24, 2.45) is 0 Å². The number of likely N-dealkylation sites (tertiary alicyclic amines) is 1. The molecule has 0 unspecified atom stereocenters. The molecular weight excluding hydrogens is 438 g/mol. The van der Waals surface area contributed by atoms with Crippen LogP contribution in [-0.2, 0) is 6.42 Å². The van der Waals surface area contributed by atoms with Gasteiger partial charge in [-0.3, -0.25) is 9.69 Å². The number of hydrogen-bond acceptors (Lipinski definition) is 5. The summed E-state index contributed by atoms with van der Waals surface area (Å²) in [4.78, 5) is 14.6. The van der Waals surface area contributed by atoms with Gasteiger partial charge in [-0.15, -0.1) is 0 Å². The lowest BCUT2D eigenvalue weighted by Crippen LogP contribution is -2.25. The fourth-order valence-corrected chi connectivity index (χ4v) is 4.44. The molecule has 2 heterocycles. The molecule has 1 N–H and O–H groups in total. The van der Waals surface area contributed by atoms with Gasteiger partial charge in [0.25, 0.3) is 5.91 Å². The molecule has 178 valence electrons. The molecule has 1 aliphatic heterocycles. The lowest BCUT2D eigenvalue weighted by atomic mass is 9.95. The largest absolute Gasteiger partial charge is 0.492 e. The monoisotopic (exact) mass is 467 g/mol. The zero-order chi connectivity index (χ0) is 23.9. The maximum absolute atomic E-state index is 12.2. The van der Waals surface area contributed by atoms with Crippen LogP contribution in [0.25, 0.3) is 11.1 Å². The molecule has 3 aromatic carbocycles. The van der Waals surface area contributed by atoms with Crippen LogP contribution < -0.4 is 10.1 Å². The minimum atomic E-state index is -0.320. The molecule has 4 aromatic rings. The third kappa shape index (κ3) is 5.97. The molecule has 35 heavy (non-hydrogen) atoms. The third-order valence-corrected chi connectivity index (χ3v) is 6.33. The van der Waals surface area contributed by atoms with Gasteiger partial charge in [0.15, 0.2) is 0 Å². The fraction of sp³-hybridized carbons (Fsp3) is 0.241. The van der Waals surface area contributed by atoms with Crippen LogP contribution in [-0.4, -0.2) is 42.2 Å². The molecule has 0 atom stereocenters. The second-order valence-electron chi connectivity index (χ2n) is 8.78. The summed E-state index contributed by atoms with van der Waals surface area (Å²) in [6.07, 6.45) is 4.89. The zero-order valence-corrected chi connectivity index (χ0v) is 19.7. The predicted molar refractivity (Wildman–Crippen MR) is 137 cm³/mol. The van der Waals surface area contributed by atoms with Crippen molar-refractivity contribution in [2.45, 2.75) is 19.3 Å². The number of nitrogens with zero attached hydrogens (tertiary/aromatic N) is 2. The first-order chi connectivity index (χ1) is 17.2. The predicted octanol–water partition coefficient (Wildman–Crippen LogP) is 5.66. The Balaban J connectivity index is 1.21. The van der Waals surface area contributed by atoms with Crippen LogP contribution in [0.1, 0.15) is 34.5 Å². The summed E-state index contributed by atoms with van der Waals surface area (Å²) in [5, 5.41) is 6.40. The lowest BCUT2D eigenvalue weighted by Gasteiger charge is -2.15. The van der Waals surface area contributed by atoms with Gasteiger partial charge < -0.3 is 14.6 Å². The van der Waals surface area contributed by atoms with Gasteiger partial charge in [-0.1, -0.05) is 53.7 Å². The second kappa shape index (κ2) is 11.0. The van der Waals surface area contributed by atoms with Crippen LogP contribution in [0.2, 0.25) is 0 Å². The van der Waals surface area contributed by atoms with Crippen LogP contribution in [0.3, 0.4) is 0 Å². The van der Waals surface area contributed by atoms with E-state index in [2.05, 4.69) is 63.9 Å². The standard InChI is InChI=1S/C29H29N3O3/c33-29(28-15-16-30-35-28)31-25-11-9-23(10-12-25)27-6-2-1-5-24(27)21-22-7-13-26(14-8-22)34-20-19-32-17-3-4-18-32/h1-2,5-16H,3-4,17-21H2,(H,31,33). The summed E-state index contributed by atoms with van der Waals surface area (Å²) >= 11 is 0. The fourth-order valence-electron chi connectivity index (χ4n) is 4.44. The van der Waals surface area contributed by atoms with E-state index in [1.165, 1.54) is 54.9 Å². The third-order valence-electron chi connectivity index (χ3n) is 6.33. The van der Waals surface area contributed by atoms with Gasteiger partial charge in [-0.05, 0) is 78.9 Å². The van der Waals surface area contributed by atoms with Gasteiger partial charge >= 0.3 is 0 Å². The number of anilines is 1. The van der Waals surface area contributed by atoms with E-state index < -0.39 is 0 Å². The second-order valence-corrected chi connectivity index (χ2v) is 8.78. The Labute approximate surface area is 205 Å². The van der Waals surface area contributed by atoms with Crippen LogP contribution >= 0.6 is 0 Å². The number of nitrogens with one attached hydrogen (secondary N) is 1. The van der Waals surface area contributed by atoms with Crippen molar-refractivity contribution >= 4 is 11.6 Å². The van der Waals surface area contributed by atoms with E-state index in [0.717, 1.165) is 30.9 Å². The Bertz CT molecular complexity index is 1230. The molecule has 0 aliphatic carbocycles. The number of ether oxygens (including phenoxy) is 1. The summed E-state index contributed by atoms with van der Waals surface area (Å²) in [5.41, 5.74) is 5.45. The molecule has 6 heteroatoms. The lowest BCUT2D eigenvalue weighted by molar-refractivity contribution is 0.0988. The minimum absolute atomic E-state index is 0.183. The highest BCUT2D eigenvalue weighted by molar-refractivity contribution is 6.02. The normalized spacial score (nSPS) is 13.6. The Morgan fingerprint density at radius 3 is 2.46 bits per heavy atom. The number of benzene rings is 3. The summed E-state index contributed by atoms with van der Waals surface area (Å²) in [5.74, 6) is 0.783. The van der Waals surface area contributed by atoms with E-state index in [4.69, 9.17) is 9.26 Å². The highest BCUT2D eigenvalue weighted by atomic mass is 16.5. The quantitative estimate of drug-likeness (QED) is 0.344. The van der Waals surface area contributed by atoms with E-state index in [1.54, 1.807) is 0 Å². The van der Waals surface area contributed by atoms with Gasteiger partial charge in [0.05, 0.1) is 6.20 Å². The van der Waals surface area contributed by atoms with Gasteiger partial charge in [-0.25, -0.2) is 0 Å². The van der Waals surface area contributed by atoms with Crippen molar-refractivity contribution in [3.63, 3.8) is 0 Å². The van der Waals surface area contributed by atoms with E-state index in [-0.39, 0.29) is 11.7 Å². The van der Waals surface area contributed by atoms with Crippen molar-refractivity contribution in [1.82, 2.24) is 10.1 Å². The summed E-state index contributed by atoms with van der Waals surface area (Å²) in [7, 11) is 0. The Morgan fingerprint density at radius 1 is 0.943 bits per heavy atom. The molecule has 6 nitrogen and oxygen atoms in total. The first kappa shape index (κ1) is 22.9. The van der Waals surface area contributed by atoms with Crippen molar-refractivity contribution in [1.29, 1.82) is 0 Å². The average molecular weight is 468 g/mol. The van der Waals surface area contributed by atoms with Crippen molar-refractivity contribution in [3.05, 3.63) is 102 Å². The summed E-state index contributed by atoms with van der Waals surface area (Å²) in [6.45, 7) is 4.12. The molecule has 0 saturated carbocycles. The maximum Gasteiger partial charge on any atom is 0.294 e. The summed E-state index contributed by atoms with van der Waals surface area (Å²) in [6, 6.07) is 26.2. The first-order valence-electron chi connectivity index (χ1n) is 12.1. The number of aromatic nitrogens is 1. The molecule has 1 aliphatic rings. The maximum atomic E-state index is 12.2. The van der Waals surface area contributed by atoms with Crippen molar-refractivity contribution in [3.8, 4) is 16.9 Å². The molecule has 1 aromatic heterocycles. The molecule has 5 rings (SSSR count). The van der Waals surface area contributed by atoms with Gasteiger partial charge in [0, 0.05) is 18.3 Å². The Hall–Kier alpha value is -3.90. The number of carbonyl (C=O) groups excluding carboxylic acids is 1. The van der Waals surface area contributed by atoms with E-state index in [1.807, 2.05) is 24.3 Å². The first-order valence-corrected chi connectivity index (χ1v) is 12.1. The van der Waals surface area contributed by atoms with Gasteiger partial charge in [0.2, 0.25) is 5.76 Å². The number of carbonyl (C=O) groups is 1. The van der Waals surface area contributed by atoms with Crippen molar-refractivity contribution in [2.75, 3.05) is 31.6 Å². The van der Waals surface area contributed by atoms with Crippen LogP contribution in [0.5, 0.6) is 5.75 Å². The molecular formula is C29H29N3O3. The van der Waals surface area contributed by atoms with Gasteiger partial charge in [0.1, 0.15) is 12.4 Å². The average Bonchev–Trinajstić information content (AvgIpc) is 3.61. The van der Waals surface area contributed by atoms with Gasteiger partial charge in [-0.2, -0.15) is 0 Å². The molecule has 1 saturated heterocycles. The Morgan fingerprint density at radius 2 is 1.71 bits per heavy atom. The van der Waals surface area contributed by atoms with E-state index in [0.29, 0.717) is 5.69 Å². The topological polar surface area (TPSA) is 67.6 Å².